The van der Waals surface area contributed by atoms with Crippen molar-refractivity contribution < 1.29 is 4.74 Å². The van der Waals surface area contributed by atoms with Crippen LogP contribution in [0.3, 0.4) is 0 Å². The van der Waals surface area contributed by atoms with Crippen LogP contribution >= 0.6 is 0 Å². The number of benzene rings is 1. The molecule has 0 spiro atoms. The highest BCUT2D eigenvalue weighted by molar-refractivity contribution is 5.81. The Morgan fingerprint density at radius 3 is 2.94 bits per heavy atom. The molecule has 1 aliphatic heterocycles. The summed E-state index contributed by atoms with van der Waals surface area (Å²) in [5.74, 6) is 0. The van der Waals surface area contributed by atoms with Gasteiger partial charge in [0.25, 0.3) is 0 Å². The summed E-state index contributed by atoms with van der Waals surface area (Å²) in [5.41, 5.74) is 6.79. The van der Waals surface area contributed by atoms with Gasteiger partial charge in [-0.1, -0.05) is 18.2 Å². The third-order valence-electron chi connectivity index (χ3n) is 3.04. The molecule has 0 saturated heterocycles. The van der Waals surface area contributed by atoms with Crippen molar-refractivity contribution in [1.82, 2.24) is 9.78 Å². The van der Waals surface area contributed by atoms with E-state index in [4.69, 9.17) is 4.74 Å². The highest BCUT2D eigenvalue weighted by Gasteiger charge is 2.18. The molecular formula is C13H19N3O. The van der Waals surface area contributed by atoms with Gasteiger partial charge in [0.15, 0.2) is 0 Å². The van der Waals surface area contributed by atoms with E-state index in [-0.39, 0.29) is 0 Å². The molecule has 4 nitrogen and oxygen atoms in total. The Kier molecular flexibility index (Phi) is 3.76. The molecule has 1 aliphatic rings. The minimum absolute atomic E-state index is 0.440. The van der Waals surface area contributed by atoms with Crippen LogP contribution in [-0.4, -0.2) is 23.4 Å². The lowest BCUT2D eigenvalue weighted by atomic mass is 10.2. The first-order chi connectivity index (χ1) is 8.36. The van der Waals surface area contributed by atoms with E-state index in [2.05, 4.69) is 40.6 Å². The quantitative estimate of drug-likeness (QED) is 0.758. The normalized spacial score (nSPS) is 19.1. The van der Waals surface area contributed by atoms with E-state index < -0.39 is 0 Å². The molecule has 1 atom stereocenters. The lowest BCUT2D eigenvalue weighted by molar-refractivity contribution is 0.123. The van der Waals surface area contributed by atoms with E-state index in [1.54, 1.807) is 0 Å². The third kappa shape index (κ3) is 2.18. The van der Waals surface area contributed by atoms with E-state index in [0.717, 1.165) is 18.5 Å². The molecule has 92 valence electrons. The summed E-state index contributed by atoms with van der Waals surface area (Å²) in [6.07, 6.45) is 1.04. The predicted octanol–water partition coefficient (Wildman–Crippen LogP) is 2.09. The van der Waals surface area contributed by atoms with Crippen molar-refractivity contribution in [3.05, 3.63) is 30.0 Å². The predicted molar refractivity (Wildman–Crippen MR) is 68.8 cm³/mol. The summed E-state index contributed by atoms with van der Waals surface area (Å²) < 4.78 is 7.72. The fourth-order valence-electron chi connectivity index (χ4n) is 2.16. The molecule has 2 aromatic rings. The van der Waals surface area contributed by atoms with Gasteiger partial charge in [-0.15, -0.1) is 0 Å². The van der Waals surface area contributed by atoms with E-state index in [0.29, 0.717) is 12.6 Å². The molecule has 1 aromatic heterocycles. The standard InChI is InChI=1S/C12H14N2O.CH5N/c1-9-6-7-15-8-12-10-4-2-3-5-11(10)13-14(9)12;1-2/h2-5,9H,6-8H2,1H3;2H2,1H3. The number of aromatic nitrogens is 2. The van der Waals surface area contributed by atoms with Crippen LogP contribution in [0.5, 0.6) is 0 Å². The average Bonchev–Trinajstić information content (AvgIpc) is 2.66. The molecule has 0 fully saturated rings. The van der Waals surface area contributed by atoms with Gasteiger partial charge in [-0.05, 0) is 26.5 Å². The molecule has 0 aliphatic carbocycles. The van der Waals surface area contributed by atoms with Gasteiger partial charge in [0.2, 0.25) is 0 Å². The van der Waals surface area contributed by atoms with Crippen molar-refractivity contribution in [3.63, 3.8) is 0 Å². The van der Waals surface area contributed by atoms with Crippen molar-refractivity contribution in [3.8, 4) is 0 Å². The summed E-state index contributed by atoms with van der Waals surface area (Å²) >= 11 is 0. The van der Waals surface area contributed by atoms with Crippen LogP contribution in [0.25, 0.3) is 10.9 Å². The average molecular weight is 233 g/mol. The summed E-state index contributed by atoms with van der Waals surface area (Å²) in [5, 5.41) is 5.86. The second kappa shape index (κ2) is 5.29. The zero-order chi connectivity index (χ0) is 12.3. The fourth-order valence-corrected chi connectivity index (χ4v) is 2.16. The molecule has 0 amide bonds. The Morgan fingerprint density at radius 2 is 2.12 bits per heavy atom. The minimum atomic E-state index is 0.440. The van der Waals surface area contributed by atoms with Crippen LogP contribution in [0.2, 0.25) is 0 Å². The molecule has 0 radical (unpaired) electrons. The smallest absolute Gasteiger partial charge is 0.0927 e. The van der Waals surface area contributed by atoms with Crippen LogP contribution in [0.1, 0.15) is 25.1 Å². The van der Waals surface area contributed by atoms with Gasteiger partial charge in [-0.2, -0.15) is 5.10 Å². The Hall–Kier alpha value is -1.39. The van der Waals surface area contributed by atoms with E-state index in [9.17, 15) is 0 Å². The summed E-state index contributed by atoms with van der Waals surface area (Å²) in [4.78, 5) is 0. The number of hydrogen-bond acceptors (Lipinski definition) is 3. The molecule has 3 rings (SSSR count). The Morgan fingerprint density at radius 1 is 1.35 bits per heavy atom. The molecule has 1 unspecified atom stereocenters. The third-order valence-corrected chi connectivity index (χ3v) is 3.04. The lowest BCUT2D eigenvalue weighted by Gasteiger charge is -2.09. The highest BCUT2D eigenvalue weighted by atomic mass is 16.5. The first-order valence-electron chi connectivity index (χ1n) is 5.98. The molecule has 2 N–H and O–H groups in total. The number of hydrogen-bond donors (Lipinski definition) is 1. The molecule has 0 bridgehead atoms. The van der Waals surface area contributed by atoms with Crippen molar-refractivity contribution >= 4 is 10.9 Å². The zero-order valence-electron chi connectivity index (χ0n) is 10.4. The second-order valence-corrected chi connectivity index (χ2v) is 4.10. The maximum atomic E-state index is 5.60. The van der Waals surface area contributed by atoms with Gasteiger partial charge < -0.3 is 10.5 Å². The van der Waals surface area contributed by atoms with Crippen molar-refractivity contribution in [2.45, 2.75) is 26.0 Å². The highest BCUT2D eigenvalue weighted by Crippen LogP contribution is 2.25. The molecule has 4 heteroatoms. The number of nitrogens with zero attached hydrogens (tertiary/aromatic N) is 2. The maximum absolute atomic E-state index is 5.60. The first kappa shape index (κ1) is 12.1. The lowest BCUT2D eigenvalue weighted by Crippen LogP contribution is -2.08. The first-order valence-corrected chi connectivity index (χ1v) is 5.98. The minimum Gasteiger partial charge on any atom is -0.375 e. The van der Waals surface area contributed by atoms with E-state index in [1.807, 2.05) is 6.07 Å². The van der Waals surface area contributed by atoms with Crippen LogP contribution in [0.4, 0.5) is 0 Å². The van der Waals surface area contributed by atoms with Gasteiger partial charge in [0.05, 0.1) is 23.9 Å². The monoisotopic (exact) mass is 233 g/mol. The number of nitrogens with two attached hydrogens (primary N) is 1. The number of fused-ring (bicyclic) bond motifs is 3. The number of rotatable bonds is 0. The van der Waals surface area contributed by atoms with Crippen molar-refractivity contribution in [2.75, 3.05) is 13.7 Å². The summed E-state index contributed by atoms with van der Waals surface area (Å²) in [6, 6.07) is 8.70. The van der Waals surface area contributed by atoms with Gasteiger partial charge in [0.1, 0.15) is 0 Å². The van der Waals surface area contributed by atoms with Crippen molar-refractivity contribution in [2.24, 2.45) is 5.73 Å². The zero-order valence-corrected chi connectivity index (χ0v) is 10.4. The molecule has 1 aromatic carbocycles. The SMILES string of the molecule is CC1CCOCc2c3ccccc3nn21.CN. The summed E-state index contributed by atoms with van der Waals surface area (Å²) in [7, 11) is 1.50. The van der Waals surface area contributed by atoms with Crippen LogP contribution in [0.15, 0.2) is 24.3 Å². The largest absolute Gasteiger partial charge is 0.375 e. The van der Waals surface area contributed by atoms with Gasteiger partial charge >= 0.3 is 0 Å². The van der Waals surface area contributed by atoms with Gasteiger partial charge in [0, 0.05) is 12.0 Å². The van der Waals surface area contributed by atoms with Crippen LogP contribution in [0, 0.1) is 0 Å². The van der Waals surface area contributed by atoms with Gasteiger partial charge in [-0.3, -0.25) is 4.68 Å². The van der Waals surface area contributed by atoms with Crippen LogP contribution < -0.4 is 5.73 Å². The summed E-state index contributed by atoms with van der Waals surface area (Å²) in [6.45, 7) is 3.72. The Labute approximate surface area is 101 Å². The number of ether oxygens (including phenoxy) is 1. The maximum Gasteiger partial charge on any atom is 0.0927 e. The topological polar surface area (TPSA) is 53.1 Å². The van der Waals surface area contributed by atoms with E-state index in [1.165, 1.54) is 18.1 Å². The Bertz CT molecular complexity index is 492. The molecule has 17 heavy (non-hydrogen) atoms. The fraction of sp³-hybridized carbons (Fsp3) is 0.462. The molecular weight excluding hydrogens is 214 g/mol. The molecule has 0 saturated carbocycles. The second-order valence-electron chi connectivity index (χ2n) is 4.10. The molecule has 2 heterocycles. The van der Waals surface area contributed by atoms with E-state index >= 15 is 0 Å². The van der Waals surface area contributed by atoms with Crippen LogP contribution in [-0.2, 0) is 11.3 Å². The Balaban J connectivity index is 0.000000514. The van der Waals surface area contributed by atoms with Crippen molar-refractivity contribution in [1.29, 1.82) is 0 Å². The van der Waals surface area contributed by atoms with Gasteiger partial charge in [-0.25, -0.2) is 0 Å².